The summed E-state index contributed by atoms with van der Waals surface area (Å²) in [4.78, 5) is 39.8. The average Bonchev–Trinajstić information content (AvgIpc) is 2.85. The lowest BCUT2D eigenvalue weighted by molar-refractivity contribution is -0.151. The van der Waals surface area contributed by atoms with Gasteiger partial charge in [-0.05, 0) is 42.7 Å². The van der Waals surface area contributed by atoms with Crippen molar-refractivity contribution in [3.63, 3.8) is 0 Å². The van der Waals surface area contributed by atoms with E-state index in [2.05, 4.69) is 5.32 Å². The van der Waals surface area contributed by atoms with Crippen LogP contribution in [0.5, 0.6) is 17.2 Å². The number of hydrogen-bond donors (Lipinski definition) is 2. The topological polar surface area (TPSA) is 120 Å². The normalized spacial score (nSPS) is 21.5. The van der Waals surface area contributed by atoms with Gasteiger partial charge in [-0.1, -0.05) is 13.8 Å². The molecule has 196 valence electrons. The number of carbonyl (C=O) groups excluding carboxylic acids is 3. The Balaban J connectivity index is 2.19. The summed E-state index contributed by atoms with van der Waals surface area (Å²) in [7, 11) is 4.04. The molecule has 0 spiro atoms. The molecule has 3 atom stereocenters. The molecule has 0 amide bonds. The van der Waals surface area contributed by atoms with Gasteiger partial charge in [-0.3, -0.25) is 9.59 Å². The zero-order chi connectivity index (χ0) is 26.6. The highest BCUT2D eigenvalue weighted by Crippen LogP contribution is 2.48. The maximum Gasteiger partial charge on any atom is 0.336 e. The van der Waals surface area contributed by atoms with Crippen molar-refractivity contribution >= 4 is 29.5 Å². The predicted molar refractivity (Wildman–Crippen MR) is 135 cm³/mol. The van der Waals surface area contributed by atoms with Gasteiger partial charge >= 0.3 is 11.9 Å². The molecule has 1 heterocycles. The Morgan fingerprint density at radius 2 is 1.81 bits per heavy atom. The fraction of sp³-hybridized carbons (Fsp3) is 0.500. The van der Waals surface area contributed by atoms with Gasteiger partial charge in [0, 0.05) is 28.6 Å². The number of dihydropyridines is 1. The molecule has 2 aliphatic rings. The number of allylic oxidation sites excluding steroid dienone is 3. The van der Waals surface area contributed by atoms with Crippen molar-refractivity contribution in [2.45, 2.75) is 33.1 Å². The van der Waals surface area contributed by atoms with E-state index in [1.807, 2.05) is 13.8 Å². The van der Waals surface area contributed by atoms with Gasteiger partial charge in [-0.2, -0.15) is 11.8 Å². The summed E-state index contributed by atoms with van der Waals surface area (Å²) >= 11 is 1.65. The number of esters is 2. The van der Waals surface area contributed by atoms with Crippen LogP contribution in [0.4, 0.5) is 0 Å². The Kier molecular flexibility index (Phi) is 8.94. The Bertz CT molecular complexity index is 1080. The molecule has 1 aromatic rings. The number of ketones is 1. The van der Waals surface area contributed by atoms with Crippen LogP contribution in [-0.2, 0) is 23.9 Å². The molecule has 0 aromatic heterocycles. The first-order chi connectivity index (χ1) is 17.2. The average molecular weight is 520 g/mol. The fourth-order valence-electron chi connectivity index (χ4n) is 4.78. The van der Waals surface area contributed by atoms with Crippen LogP contribution >= 0.6 is 11.8 Å². The molecule has 36 heavy (non-hydrogen) atoms. The van der Waals surface area contributed by atoms with Crippen molar-refractivity contribution < 1.29 is 38.4 Å². The third-order valence-corrected chi connectivity index (χ3v) is 7.33. The van der Waals surface area contributed by atoms with Gasteiger partial charge in [0.15, 0.2) is 17.3 Å². The highest BCUT2D eigenvalue weighted by molar-refractivity contribution is 7.99. The van der Waals surface area contributed by atoms with E-state index in [1.54, 1.807) is 30.8 Å². The van der Waals surface area contributed by atoms with Gasteiger partial charge < -0.3 is 29.4 Å². The van der Waals surface area contributed by atoms with Crippen molar-refractivity contribution in [2.75, 3.05) is 39.4 Å². The molecule has 1 aromatic carbocycles. The number of carbonyl (C=O) groups is 3. The number of benzene rings is 1. The number of phenolic OH excluding ortho intramolecular Hbond substituents is 1. The molecule has 10 heteroatoms. The van der Waals surface area contributed by atoms with Crippen molar-refractivity contribution in [1.82, 2.24) is 5.32 Å². The second-order valence-electron chi connectivity index (χ2n) is 8.64. The first kappa shape index (κ1) is 27.4. The SMILES string of the molecule is CCSCCOC(=O)C1=C(C)NC2=C(C(=O)[C@@H](C(=O)OC)[C@@H](C)C2)[C@@H]1c1cc(OC)c(O)c(OC)c1. The minimum Gasteiger partial charge on any atom is -0.502 e. The Labute approximate surface area is 215 Å². The van der Waals surface area contributed by atoms with Gasteiger partial charge in [0.25, 0.3) is 0 Å². The monoisotopic (exact) mass is 519 g/mol. The van der Waals surface area contributed by atoms with E-state index in [0.29, 0.717) is 34.7 Å². The largest absolute Gasteiger partial charge is 0.502 e. The summed E-state index contributed by atoms with van der Waals surface area (Å²) in [5.74, 6) is -2.20. The van der Waals surface area contributed by atoms with E-state index in [1.165, 1.54) is 21.3 Å². The summed E-state index contributed by atoms with van der Waals surface area (Å²) < 4.78 is 21.2. The molecule has 0 unspecified atom stereocenters. The third kappa shape index (κ3) is 5.18. The Hall–Kier alpha value is -3.14. The summed E-state index contributed by atoms with van der Waals surface area (Å²) in [5, 5.41) is 13.7. The number of nitrogens with one attached hydrogen (secondary N) is 1. The zero-order valence-corrected chi connectivity index (χ0v) is 22.2. The van der Waals surface area contributed by atoms with Crippen molar-refractivity contribution in [2.24, 2.45) is 11.8 Å². The molecule has 0 saturated carbocycles. The molecule has 0 fully saturated rings. The van der Waals surface area contributed by atoms with Crippen LogP contribution in [0.3, 0.4) is 0 Å². The quantitative estimate of drug-likeness (QED) is 0.286. The van der Waals surface area contributed by atoms with Crippen LogP contribution < -0.4 is 14.8 Å². The van der Waals surface area contributed by atoms with Gasteiger partial charge in [-0.15, -0.1) is 0 Å². The van der Waals surface area contributed by atoms with Crippen LogP contribution in [0.15, 0.2) is 34.7 Å². The van der Waals surface area contributed by atoms with E-state index >= 15 is 0 Å². The van der Waals surface area contributed by atoms with Crippen LogP contribution in [0.2, 0.25) is 0 Å². The molecule has 0 bridgehead atoms. The lowest BCUT2D eigenvalue weighted by atomic mass is 9.69. The number of methoxy groups -OCH3 is 3. The van der Waals surface area contributed by atoms with E-state index in [-0.39, 0.29) is 35.3 Å². The molecular formula is C26H33NO8S. The molecule has 0 radical (unpaired) electrons. The number of hydrogen-bond acceptors (Lipinski definition) is 10. The summed E-state index contributed by atoms with van der Waals surface area (Å²) in [6, 6.07) is 3.12. The molecule has 1 aliphatic carbocycles. The molecule has 1 aliphatic heterocycles. The molecule has 9 nitrogen and oxygen atoms in total. The second-order valence-corrected chi connectivity index (χ2v) is 10.0. The number of Topliss-reactive ketones (excluding diaryl/α,β-unsaturated/α-hetero) is 1. The van der Waals surface area contributed by atoms with Crippen LogP contribution in [-0.4, -0.2) is 62.3 Å². The van der Waals surface area contributed by atoms with Gasteiger partial charge in [0.1, 0.15) is 12.5 Å². The molecule has 2 N–H and O–H groups in total. The van der Waals surface area contributed by atoms with E-state index in [9.17, 15) is 19.5 Å². The molecule has 0 saturated heterocycles. The number of phenols is 1. The lowest BCUT2D eigenvalue weighted by Crippen LogP contribution is -2.43. The van der Waals surface area contributed by atoms with Gasteiger partial charge in [0.05, 0.1) is 26.9 Å². The Morgan fingerprint density at radius 1 is 1.17 bits per heavy atom. The Morgan fingerprint density at radius 3 is 2.36 bits per heavy atom. The van der Waals surface area contributed by atoms with E-state index < -0.39 is 29.6 Å². The zero-order valence-electron chi connectivity index (χ0n) is 21.4. The van der Waals surface area contributed by atoms with E-state index in [0.717, 1.165) is 5.75 Å². The maximum absolute atomic E-state index is 13.8. The first-order valence-corrected chi connectivity index (χ1v) is 12.9. The van der Waals surface area contributed by atoms with Crippen molar-refractivity contribution in [3.8, 4) is 17.2 Å². The smallest absolute Gasteiger partial charge is 0.336 e. The molecular weight excluding hydrogens is 486 g/mol. The standard InChI is InChI=1S/C26H33NO8S/c1-7-36-9-8-35-26(31)20-14(3)27-16-10-13(2)19(25(30)34-6)24(29)22(16)21(20)15-11-17(32-4)23(28)18(12-15)33-5/h11-13,19,21,27-28H,7-10H2,1-6H3/t13-,19-,21+/m0/s1. The predicted octanol–water partition coefficient (Wildman–Crippen LogP) is 3.32. The minimum absolute atomic E-state index is 0.121. The number of aromatic hydroxyl groups is 1. The fourth-order valence-corrected chi connectivity index (χ4v) is 5.27. The highest BCUT2D eigenvalue weighted by Gasteiger charge is 2.47. The number of thioether (sulfide) groups is 1. The van der Waals surface area contributed by atoms with Crippen LogP contribution in [0.25, 0.3) is 0 Å². The second kappa shape index (κ2) is 11.7. The molecule has 3 rings (SSSR count). The van der Waals surface area contributed by atoms with Gasteiger partial charge in [0.2, 0.25) is 5.75 Å². The minimum atomic E-state index is -1.00. The third-order valence-electron chi connectivity index (χ3n) is 6.46. The van der Waals surface area contributed by atoms with Crippen molar-refractivity contribution in [3.05, 3.63) is 40.2 Å². The maximum atomic E-state index is 13.8. The summed E-state index contributed by atoms with van der Waals surface area (Å²) in [6.07, 6.45) is 0.413. The number of ether oxygens (including phenoxy) is 4. The summed E-state index contributed by atoms with van der Waals surface area (Å²) in [6.45, 7) is 5.81. The lowest BCUT2D eigenvalue weighted by Gasteiger charge is -2.38. The van der Waals surface area contributed by atoms with Gasteiger partial charge in [-0.25, -0.2) is 4.79 Å². The van der Waals surface area contributed by atoms with Crippen molar-refractivity contribution in [1.29, 1.82) is 0 Å². The van der Waals surface area contributed by atoms with Crippen LogP contribution in [0.1, 0.15) is 38.7 Å². The van der Waals surface area contributed by atoms with Crippen LogP contribution in [0, 0.1) is 11.8 Å². The summed E-state index contributed by atoms with van der Waals surface area (Å²) in [5.41, 5.74) is 2.21. The first-order valence-electron chi connectivity index (χ1n) is 11.7. The highest BCUT2D eigenvalue weighted by atomic mass is 32.2. The number of rotatable bonds is 9. The van der Waals surface area contributed by atoms with E-state index in [4.69, 9.17) is 18.9 Å².